The van der Waals surface area contributed by atoms with Gasteiger partial charge in [-0.2, -0.15) is 5.10 Å². The van der Waals surface area contributed by atoms with Crippen LogP contribution in [0.25, 0.3) is 0 Å². The highest BCUT2D eigenvalue weighted by Crippen LogP contribution is 2.16. The van der Waals surface area contributed by atoms with Crippen molar-refractivity contribution in [1.29, 1.82) is 0 Å². The Morgan fingerprint density at radius 2 is 2.20 bits per heavy atom. The van der Waals surface area contributed by atoms with Crippen LogP contribution in [-0.4, -0.2) is 39.1 Å². The average Bonchev–Trinajstić information content (AvgIpc) is 2.89. The Kier molecular flexibility index (Phi) is 4.42. The van der Waals surface area contributed by atoms with Gasteiger partial charge in [0.15, 0.2) is 0 Å². The number of aromatic nitrogens is 2. The van der Waals surface area contributed by atoms with Gasteiger partial charge in [-0.15, -0.1) is 0 Å². The fourth-order valence-electron chi connectivity index (χ4n) is 2.37. The van der Waals surface area contributed by atoms with Crippen LogP contribution in [0.2, 0.25) is 0 Å². The Morgan fingerprint density at radius 3 is 2.80 bits per heavy atom. The molecule has 20 heavy (non-hydrogen) atoms. The van der Waals surface area contributed by atoms with Crippen LogP contribution in [0.5, 0.6) is 0 Å². The van der Waals surface area contributed by atoms with Crippen LogP contribution in [-0.2, 0) is 22.7 Å². The number of hydrogen-bond acceptors (Lipinski definition) is 3. The second-order valence-electron chi connectivity index (χ2n) is 5.33. The Bertz CT molecular complexity index is 497. The van der Waals surface area contributed by atoms with Crippen molar-refractivity contribution < 1.29 is 9.59 Å². The molecular weight excluding hydrogens is 256 g/mol. The highest BCUT2D eigenvalue weighted by atomic mass is 16.2. The molecule has 2 heterocycles. The van der Waals surface area contributed by atoms with E-state index in [1.807, 2.05) is 31.6 Å². The van der Waals surface area contributed by atoms with E-state index in [9.17, 15) is 9.59 Å². The third-order valence-corrected chi connectivity index (χ3v) is 3.83. The predicted octanol–water partition coefficient (Wildman–Crippen LogP) is 0.776. The van der Waals surface area contributed by atoms with Crippen LogP contribution in [0.15, 0.2) is 12.4 Å². The van der Waals surface area contributed by atoms with Crippen LogP contribution in [0.3, 0.4) is 0 Å². The van der Waals surface area contributed by atoms with Gasteiger partial charge in [0.05, 0.1) is 12.7 Å². The fourth-order valence-corrected chi connectivity index (χ4v) is 2.37. The van der Waals surface area contributed by atoms with E-state index in [-0.39, 0.29) is 24.3 Å². The number of nitrogens with zero attached hydrogens (tertiary/aromatic N) is 3. The van der Waals surface area contributed by atoms with Crippen molar-refractivity contribution in [1.82, 2.24) is 20.0 Å². The Balaban J connectivity index is 2.09. The highest BCUT2D eigenvalue weighted by Gasteiger charge is 2.35. The van der Waals surface area contributed by atoms with Crippen LogP contribution < -0.4 is 5.32 Å². The maximum Gasteiger partial charge on any atom is 0.246 e. The molecule has 0 spiro atoms. The van der Waals surface area contributed by atoms with Gasteiger partial charge in [0, 0.05) is 24.8 Å². The maximum atomic E-state index is 12.4. The summed E-state index contributed by atoms with van der Waals surface area (Å²) in [6.07, 6.45) is 4.53. The first-order valence-electron chi connectivity index (χ1n) is 7.14. The number of hydrogen-bond donors (Lipinski definition) is 1. The summed E-state index contributed by atoms with van der Waals surface area (Å²) in [6.45, 7) is 7.39. The average molecular weight is 278 g/mol. The quantitative estimate of drug-likeness (QED) is 0.865. The Morgan fingerprint density at radius 1 is 1.45 bits per heavy atom. The molecule has 2 rings (SSSR count). The van der Waals surface area contributed by atoms with Gasteiger partial charge >= 0.3 is 0 Å². The topological polar surface area (TPSA) is 67.2 Å². The van der Waals surface area contributed by atoms with Crippen molar-refractivity contribution in [3.63, 3.8) is 0 Å². The van der Waals surface area contributed by atoms with Gasteiger partial charge in [-0.05, 0) is 12.8 Å². The summed E-state index contributed by atoms with van der Waals surface area (Å²) in [5.74, 6) is 0.0635. The number of piperazine rings is 1. The first kappa shape index (κ1) is 14.6. The summed E-state index contributed by atoms with van der Waals surface area (Å²) >= 11 is 0. The zero-order valence-corrected chi connectivity index (χ0v) is 12.3. The first-order chi connectivity index (χ1) is 9.55. The lowest BCUT2D eigenvalue weighted by Gasteiger charge is -2.34. The molecule has 110 valence electrons. The molecule has 0 radical (unpaired) electrons. The first-order valence-corrected chi connectivity index (χ1v) is 7.14. The zero-order chi connectivity index (χ0) is 14.7. The summed E-state index contributed by atoms with van der Waals surface area (Å²) in [7, 11) is 0. The molecule has 0 saturated carbocycles. The van der Waals surface area contributed by atoms with Gasteiger partial charge in [-0.1, -0.05) is 20.3 Å². The van der Waals surface area contributed by atoms with E-state index in [1.165, 1.54) is 0 Å². The highest BCUT2D eigenvalue weighted by molar-refractivity contribution is 5.94. The molecule has 0 bridgehead atoms. The molecule has 0 aliphatic carbocycles. The fraction of sp³-hybridized carbons (Fsp3) is 0.643. The number of amides is 2. The minimum atomic E-state index is -0.400. The summed E-state index contributed by atoms with van der Waals surface area (Å²) in [5.41, 5.74) is 0.956. The van der Waals surface area contributed by atoms with Crippen LogP contribution in [0.4, 0.5) is 0 Å². The predicted molar refractivity (Wildman–Crippen MR) is 74.7 cm³/mol. The molecule has 2 amide bonds. The van der Waals surface area contributed by atoms with Gasteiger partial charge in [-0.3, -0.25) is 14.3 Å². The molecule has 6 heteroatoms. The van der Waals surface area contributed by atoms with Crippen molar-refractivity contribution in [3.8, 4) is 0 Å². The lowest BCUT2D eigenvalue weighted by Crippen LogP contribution is -2.59. The minimum Gasteiger partial charge on any atom is -0.342 e. The molecule has 1 aromatic rings. The molecule has 1 fully saturated rings. The van der Waals surface area contributed by atoms with Crippen molar-refractivity contribution in [3.05, 3.63) is 18.0 Å². The molecular formula is C14H22N4O2. The molecule has 2 unspecified atom stereocenters. The zero-order valence-electron chi connectivity index (χ0n) is 12.3. The molecule has 1 aromatic heterocycles. The lowest BCUT2D eigenvalue weighted by atomic mass is 9.96. The van der Waals surface area contributed by atoms with Gasteiger partial charge < -0.3 is 10.2 Å². The third-order valence-electron chi connectivity index (χ3n) is 3.83. The Labute approximate surface area is 119 Å². The van der Waals surface area contributed by atoms with E-state index < -0.39 is 6.04 Å². The summed E-state index contributed by atoms with van der Waals surface area (Å²) < 4.78 is 1.82. The standard InChI is InChI=1S/C14H22N4O2/c1-4-10(3)13-14(20)17(9-12(19)16-13)7-11-6-15-18(5-2)8-11/h6,8,10,13H,4-5,7,9H2,1-3H3,(H,16,19). The molecule has 1 saturated heterocycles. The van der Waals surface area contributed by atoms with Crippen molar-refractivity contribution in [2.45, 2.75) is 46.3 Å². The van der Waals surface area contributed by atoms with E-state index in [4.69, 9.17) is 0 Å². The van der Waals surface area contributed by atoms with E-state index in [0.29, 0.717) is 6.54 Å². The normalized spacial score (nSPS) is 20.9. The smallest absolute Gasteiger partial charge is 0.246 e. The number of aryl methyl sites for hydroxylation is 1. The summed E-state index contributed by atoms with van der Waals surface area (Å²) in [5, 5.41) is 6.99. The number of rotatable bonds is 5. The van der Waals surface area contributed by atoms with Crippen LogP contribution >= 0.6 is 0 Å². The van der Waals surface area contributed by atoms with E-state index in [1.54, 1.807) is 11.1 Å². The molecule has 6 nitrogen and oxygen atoms in total. The minimum absolute atomic E-state index is 0.00296. The van der Waals surface area contributed by atoms with Gasteiger partial charge in [0.2, 0.25) is 11.8 Å². The molecule has 2 atom stereocenters. The monoisotopic (exact) mass is 278 g/mol. The number of nitrogens with one attached hydrogen (secondary N) is 1. The number of carbonyl (C=O) groups excluding carboxylic acids is 2. The van der Waals surface area contributed by atoms with E-state index >= 15 is 0 Å². The van der Waals surface area contributed by atoms with Crippen molar-refractivity contribution in [2.75, 3.05) is 6.54 Å². The van der Waals surface area contributed by atoms with E-state index in [2.05, 4.69) is 10.4 Å². The second-order valence-corrected chi connectivity index (χ2v) is 5.33. The summed E-state index contributed by atoms with van der Waals surface area (Å²) in [6, 6.07) is -0.400. The van der Waals surface area contributed by atoms with Crippen molar-refractivity contribution >= 4 is 11.8 Å². The van der Waals surface area contributed by atoms with E-state index in [0.717, 1.165) is 18.5 Å². The van der Waals surface area contributed by atoms with Gasteiger partial charge in [0.25, 0.3) is 0 Å². The van der Waals surface area contributed by atoms with Gasteiger partial charge in [0.1, 0.15) is 6.04 Å². The maximum absolute atomic E-state index is 12.4. The van der Waals surface area contributed by atoms with Gasteiger partial charge in [-0.25, -0.2) is 0 Å². The largest absolute Gasteiger partial charge is 0.342 e. The number of carbonyl (C=O) groups is 2. The third kappa shape index (κ3) is 3.00. The second kappa shape index (κ2) is 6.07. The Hall–Kier alpha value is -1.85. The lowest BCUT2D eigenvalue weighted by molar-refractivity contribution is -0.146. The molecule has 1 aliphatic rings. The molecule has 0 aromatic carbocycles. The SMILES string of the molecule is CCC(C)C1NC(=O)CN(Cc2cnn(CC)c2)C1=O. The van der Waals surface area contributed by atoms with Crippen molar-refractivity contribution in [2.24, 2.45) is 5.92 Å². The van der Waals surface area contributed by atoms with Crippen LogP contribution in [0.1, 0.15) is 32.8 Å². The molecule has 1 N–H and O–H groups in total. The molecule has 1 aliphatic heterocycles. The van der Waals surface area contributed by atoms with Crippen LogP contribution in [0, 0.1) is 5.92 Å². The summed E-state index contributed by atoms with van der Waals surface area (Å²) in [4.78, 5) is 25.8.